The molecular formula is C50HB29O. The fourth-order valence-electron chi connectivity index (χ4n) is 11.6. The van der Waals surface area contributed by atoms with Gasteiger partial charge in [0.1, 0.15) is 239 Å². The summed E-state index contributed by atoms with van der Waals surface area (Å²) in [6, 6.07) is 1.47. The highest BCUT2D eigenvalue weighted by Gasteiger charge is 2.32. The van der Waals surface area contributed by atoms with Crippen molar-refractivity contribution in [3.63, 3.8) is 0 Å². The highest BCUT2D eigenvalue weighted by atomic mass is 16.3. The van der Waals surface area contributed by atoms with E-state index in [0.29, 0.717) is 0 Å². The molecule has 0 bridgehead atoms. The molecule has 0 fully saturated rings. The van der Waals surface area contributed by atoms with E-state index in [1.54, 1.807) is 0 Å². The summed E-state index contributed by atoms with van der Waals surface area (Å²) in [6.07, 6.45) is 0. The van der Waals surface area contributed by atoms with Gasteiger partial charge in [-0.15, -0.1) is 60.1 Å². The number of furan rings is 1. The second-order valence-electron chi connectivity index (χ2n) is 19.7. The van der Waals surface area contributed by atoms with Crippen LogP contribution in [0, 0.1) is 0 Å². The fraction of sp³-hybridized carbons (Fsp3) is 0. The van der Waals surface area contributed by atoms with Crippen molar-refractivity contribution in [2.75, 3.05) is 0 Å². The molecule has 0 saturated carbocycles. The molecule has 0 unspecified atom stereocenters. The lowest BCUT2D eigenvalue weighted by molar-refractivity contribution is 0.675. The number of fused-ring (bicyclic) bond motifs is 9. The molecular weight excluding hydrogens is 930 g/mol. The molecule has 0 spiro atoms. The van der Waals surface area contributed by atoms with Crippen LogP contribution in [0.4, 0.5) is 0 Å². The first-order valence-electron chi connectivity index (χ1n) is 23.6. The minimum absolute atomic E-state index is 0.00169. The lowest BCUT2D eigenvalue weighted by atomic mass is 9.56. The predicted molar refractivity (Wildman–Crippen MR) is 374 cm³/mol. The zero-order valence-corrected chi connectivity index (χ0v) is 42.2. The summed E-state index contributed by atoms with van der Waals surface area (Å²) in [4.78, 5) is 0. The van der Waals surface area contributed by atoms with Gasteiger partial charge in [0.25, 0.3) is 0 Å². The van der Waals surface area contributed by atoms with Gasteiger partial charge >= 0.3 is 0 Å². The van der Waals surface area contributed by atoms with Crippen LogP contribution in [0.5, 0.6) is 0 Å². The van der Waals surface area contributed by atoms with Gasteiger partial charge in [0.2, 0.25) is 0 Å². The molecule has 1 heterocycles. The van der Waals surface area contributed by atoms with Gasteiger partial charge < -0.3 is 4.42 Å². The second kappa shape index (κ2) is 19.1. The van der Waals surface area contributed by atoms with Gasteiger partial charge in [-0.1, -0.05) is 104 Å². The molecule has 0 amide bonds. The van der Waals surface area contributed by atoms with E-state index < -0.39 is 0 Å². The van der Waals surface area contributed by atoms with Gasteiger partial charge in [0.15, 0.2) is 0 Å². The van der Waals surface area contributed by atoms with Crippen LogP contribution >= 0.6 is 0 Å². The van der Waals surface area contributed by atoms with Crippen molar-refractivity contribution in [2.45, 2.75) is 0 Å². The molecule has 0 N–H and O–H groups in total. The lowest BCUT2D eigenvalue weighted by Gasteiger charge is -2.33. The molecule has 294 valence electrons. The molecule has 10 aromatic carbocycles. The minimum atomic E-state index is -0.269. The van der Waals surface area contributed by atoms with Gasteiger partial charge in [-0.3, -0.25) is 0 Å². The average Bonchev–Trinajstić information content (AvgIpc) is 3.97. The Hall–Kier alpha value is -4.82. The summed E-state index contributed by atoms with van der Waals surface area (Å²) in [7, 11) is 199. The summed E-state index contributed by atoms with van der Waals surface area (Å²) in [5.41, 5.74) is -4.71. The molecule has 58 radical (unpaired) electrons. The summed E-state index contributed by atoms with van der Waals surface area (Å²) in [6.45, 7) is 0. The molecule has 80 heavy (non-hydrogen) atoms. The van der Waals surface area contributed by atoms with E-state index >= 15 is 0 Å². The van der Waals surface area contributed by atoms with E-state index in [-0.39, 0.29) is 268 Å². The quantitative estimate of drug-likeness (QED) is 0.127. The maximum absolute atomic E-state index is 7.47. The zero-order valence-electron chi connectivity index (χ0n) is 42.2. The summed E-state index contributed by atoms with van der Waals surface area (Å²) >= 11 is 0. The third kappa shape index (κ3) is 7.13. The molecule has 0 saturated heterocycles. The Labute approximate surface area is 502 Å². The highest BCUT2D eigenvalue weighted by Crippen LogP contribution is 2.43. The molecule has 0 aliphatic heterocycles. The highest BCUT2D eigenvalue weighted by molar-refractivity contribution is 6.78. The third-order valence-electron chi connectivity index (χ3n) is 15.8. The van der Waals surface area contributed by atoms with Crippen LogP contribution in [0.3, 0.4) is 0 Å². The van der Waals surface area contributed by atoms with Crippen molar-refractivity contribution in [1.82, 2.24) is 0 Å². The van der Waals surface area contributed by atoms with Crippen molar-refractivity contribution >= 4 is 462 Å². The number of hydrogen-bond acceptors (Lipinski definition) is 1. The molecule has 1 aromatic heterocycles. The standard InChI is InChI=1S/C50HB29O/c51-3-1-2-4(23(54)38(69)25(56)5(2)24(55)21(3)52)8-14-15(33(64)44(75)43(74)32(14)63)11(27(58)26(8)57)6-9-12(30(61)41(72)39(70)28(9)59)7(13-10(6)29(60)40(71)42(73)31(13)62)18-22(53)20-17-16-19(35(66)46(77)45(76)34(16)65)37(68)47(78)49(17)80-50(20)48(79)36(18)67/h1H. The Morgan fingerprint density at radius 1 is 0.163 bits per heavy atom. The van der Waals surface area contributed by atoms with Crippen molar-refractivity contribution in [3.8, 4) is 33.4 Å². The third-order valence-corrected chi connectivity index (χ3v) is 15.8. The first-order chi connectivity index (χ1) is 37.4. The Kier molecular flexibility index (Phi) is 13.6. The maximum atomic E-state index is 7.47. The van der Waals surface area contributed by atoms with E-state index in [1.165, 1.54) is 6.07 Å². The van der Waals surface area contributed by atoms with Gasteiger partial charge in [-0.2, -0.15) is 0 Å². The van der Waals surface area contributed by atoms with Crippen molar-refractivity contribution in [1.29, 1.82) is 0 Å². The fourth-order valence-corrected chi connectivity index (χ4v) is 11.6. The van der Waals surface area contributed by atoms with E-state index in [0.717, 1.165) is 0 Å². The summed E-state index contributed by atoms with van der Waals surface area (Å²) in [5.74, 6) is 0. The normalized spacial score (nSPS) is 11.9. The Balaban J connectivity index is 1.45. The smallest absolute Gasteiger partial charge is 0.128 e. The van der Waals surface area contributed by atoms with Gasteiger partial charge in [0, 0.05) is 10.8 Å². The van der Waals surface area contributed by atoms with Gasteiger partial charge in [-0.05, 0) is 87.2 Å². The van der Waals surface area contributed by atoms with Crippen LogP contribution in [0.25, 0.3) is 109 Å². The first-order valence-corrected chi connectivity index (χ1v) is 23.6. The molecule has 0 aliphatic carbocycles. The second-order valence-corrected chi connectivity index (χ2v) is 19.7. The Bertz CT molecular complexity index is 4780. The monoisotopic (exact) mass is 936 g/mol. The maximum Gasteiger partial charge on any atom is 0.128 e. The van der Waals surface area contributed by atoms with Crippen molar-refractivity contribution in [2.24, 2.45) is 0 Å². The van der Waals surface area contributed by atoms with Crippen LogP contribution in [-0.2, 0) is 0 Å². The Morgan fingerprint density at radius 2 is 0.425 bits per heavy atom. The number of hydrogen-bond donors (Lipinski definition) is 0. The van der Waals surface area contributed by atoms with Gasteiger partial charge in [-0.25, -0.2) is 0 Å². The van der Waals surface area contributed by atoms with Crippen LogP contribution < -0.4 is 158 Å². The number of rotatable bonds is 3. The first kappa shape index (κ1) is 57.0. The lowest BCUT2D eigenvalue weighted by Crippen LogP contribution is -2.51. The topological polar surface area (TPSA) is 13.1 Å². The molecule has 11 rings (SSSR count). The van der Waals surface area contributed by atoms with Crippen LogP contribution in [-0.4, -0.2) is 228 Å². The van der Waals surface area contributed by atoms with Gasteiger partial charge in [0.05, 0.1) is 0 Å². The van der Waals surface area contributed by atoms with E-state index in [4.69, 9.17) is 232 Å². The SMILES string of the molecule is [B]c1cc2c(-c3c([B])c([B])c(-c4c5c([B])c([B])c([B])c([B])c5c(-c5c([B])c([B])c6oc7c([B])c([B])c8c([B])c([B])c([B])c([B])c8c7c6c5[B])c5c([B])c([B])c([B])c([B])c45)c4c([B])c([B])c([B])c([B])c34)c([B])c([B])c([B])c2c([B])c1[B]. The minimum Gasteiger partial charge on any atom is -0.457 e. The molecule has 11 aromatic rings. The molecule has 1 nitrogen and oxygen atoms in total. The summed E-state index contributed by atoms with van der Waals surface area (Å²) < 4.78 is 6.41. The zero-order chi connectivity index (χ0) is 58.7. The molecule has 30 heteroatoms. The van der Waals surface area contributed by atoms with E-state index in [9.17, 15) is 0 Å². The van der Waals surface area contributed by atoms with E-state index in [2.05, 4.69) is 0 Å². The van der Waals surface area contributed by atoms with Crippen molar-refractivity contribution < 1.29 is 4.42 Å². The van der Waals surface area contributed by atoms with Crippen LogP contribution in [0.1, 0.15) is 0 Å². The van der Waals surface area contributed by atoms with Crippen LogP contribution in [0.2, 0.25) is 0 Å². The van der Waals surface area contributed by atoms with E-state index in [1.807, 2.05) is 0 Å². The summed E-state index contributed by atoms with van der Waals surface area (Å²) in [5, 5.41) is 0.586. The van der Waals surface area contributed by atoms with Crippen molar-refractivity contribution in [3.05, 3.63) is 6.07 Å². The van der Waals surface area contributed by atoms with Crippen LogP contribution in [0.15, 0.2) is 10.5 Å². The largest absolute Gasteiger partial charge is 0.457 e. The predicted octanol–water partition coefficient (Wildman–Crippen LogP) is -20.6. The molecule has 0 aliphatic rings. The average molecular weight is 931 g/mol. The molecule has 0 atom stereocenters. The Morgan fingerprint density at radius 3 is 0.850 bits per heavy atom. The number of benzene rings is 10.